The molecule has 0 aliphatic rings. The molecule has 0 fully saturated rings. The summed E-state index contributed by atoms with van der Waals surface area (Å²) in [6, 6.07) is 0. The van der Waals surface area contributed by atoms with E-state index in [0.717, 1.165) is 38.5 Å². The molecule has 0 N–H and O–H groups in total. The van der Waals surface area contributed by atoms with Gasteiger partial charge in [0.25, 0.3) is 7.82 Å². The van der Waals surface area contributed by atoms with Gasteiger partial charge in [0, 0.05) is 12.8 Å². The maximum atomic E-state index is 12.7. The van der Waals surface area contributed by atoms with Crippen molar-refractivity contribution in [1.29, 1.82) is 0 Å². The zero-order valence-corrected chi connectivity index (χ0v) is 41.8. The molecule has 9 nitrogen and oxygen atoms in total. The van der Waals surface area contributed by atoms with Gasteiger partial charge in [0.05, 0.1) is 27.7 Å². The maximum Gasteiger partial charge on any atom is 0.306 e. The van der Waals surface area contributed by atoms with Crippen LogP contribution in [0, 0.1) is 0 Å². The highest BCUT2D eigenvalue weighted by atomic mass is 31.2. The second-order valence-corrected chi connectivity index (χ2v) is 20.3. The molecule has 362 valence electrons. The molecule has 0 saturated heterocycles. The smallest absolute Gasteiger partial charge is 0.306 e. The van der Waals surface area contributed by atoms with Crippen molar-refractivity contribution in [2.75, 3.05) is 47.5 Å². The molecule has 0 aromatic heterocycles. The van der Waals surface area contributed by atoms with Gasteiger partial charge < -0.3 is 27.9 Å². The quantitative estimate of drug-likeness (QED) is 0.0195. The summed E-state index contributed by atoms with van der Waals surface area (Å²) in [5, 5.41) is 0. The van der Waals surface area contributed by atoms with Crippen LogP contribution in [0.3, 0.4) is 0 Å². The predicted octanol–water partition coefficient (Wildman–Crippen LogP) is 14.7. The van der Waals surface area contributed by atoms with Gasteiger partial charge in [-0.1, -0.05) is 212 Å². The minimum Gasteiger partial charge on any atom is -0.756 e. The predicted molar refractivity (Wildman–Crippen MR) is 255 cm³/mol. The first-order valence-electron chi connectivity index (χ1n) is 25.9. The van der Waals surface area contributed by atoms with E-state index in [0.29, 0.717) is 17.4 Å². The van der Waals surface area contributed by atoms with Gasteiger partial charge in [-0.3, -0.25) is 14.2 Å². The number of carbonyl (C=O) groups is 2. The van der Waals surface area contributed by atoms with Gasteiger partial charge in [0.1, 0.15) is 19.8 Å². The number of hydrogen-bond donors (Lipinski definition) is 0. The van der Waals surface area contributed by atoms with Gasteiger partial charge in [-0.05, 0) is 38.5 Å². The summed E-state index contributed by atoms with van der Waals surface area (Å²) in [7, 11) is 1.18. The lowest BCUT2D eigenvalue weighted by atomic mass is 10.0. The van der Waals surface area contributed by atoms with Crippen LogP contribution < -0.4 is 4.89 Å². The molecule has 0 aliphatic heterocycles. The normalized spacial score (nSPS) is 13.5. The number of esters is 2. The van der Waals surface area contributed by atoms with Crippen LogP contribution in [0.2, 0.25) is 0 Å². The molecular formula is C51H100NO8P. The van der Waals surface area contributed by atoms with Crippen molar-refractivity contribution in [1.82, 2.24) is 0 Å². The summed E-state index contributed by atoms with van der Waals surface area (Å²) in [5.74, 6) is -0.819. The summed E-state index contributed by atoms with van der Waals surface area (Å²) < 4.78 is 34.1. The molecule has 2 atom stereocenters. The molecule has 0 radical (unpaired) electrons. The van der Waals surface area contributed by atoms with Crippen molar-refractivity contribution in [3.8, 4) is 0 Å². The number of rotatable bonds is 48. The Balaban J connectivity index is 4.21. The number of nitrogens with zero attached hydrogens (tertiary/aromatic N) is 1. The van der Waals surface area contributed by atoms with Crippen LogP contribution in [0.5, 0.6) is 0 Å². The molecule has 0 aliphatic carbocycles. The van der Waals surface area contributed by atoms with Gasteiger partial charge in [-0.25, -0.2) is 0 Å². The number of carbonyl (C=O) groups excluding carboxylic acids is 2. The molecule has 10 heteroatoms. The van der Waals surface area contributed by atoms with Crippen LogP contribution in [-0.4, -0.2) is 70.0 Å². The third-order valence-corrected chi connectivity index (χ3v) is 12.5. The van der Waals surface area contributed by atoms with Crippen molar-refractivity contribution >= 4 is 19.8 Å². The molecule has 0 bridgehead atoms. The highest BCUT2D eigenvalue weighted by molar-refractivity contribution is 7.45. The Bertz CT molecular complexity index is 1050. The Kier molecular flexibility index (Phi) is 43.1. The molecule has 0 heterocycles. The fraction of sp³-hybridized carbons (Fsp3) is 0.922. The Labute approximate surface area is 377 Å². The molecule has 0 spiro atoms. The largest absolute Gasteiger partial charge is 0.756 e. The van der Waals surface area contributed by atoms with Crippen LogP contribution >= 0.6 is 7.82 Å². The van der Waals surface area contributed by atoms with Gasteiger partial charge in [-0.15, -0.1) is 0 Å². The minimum atomic E-state index is -4.62. The van der Waals surface area contributed by atoms with E-state index in [-0.39, 0.29) is 32.0 Å². The number of hydrogen-bond acceptors (Lipinski definition) is 8. The summed E-state index contributed by atoms with van der Waals surface area (Å²) in [5.41, 5.74) is 0. The fourth-order valence-corrected chi connectivity index (χ4v) is 8.20. The van der Waals surface area contributed by atoms with Crippen molar-refractivity contribution < 1.29 is 42.1 Å². The number of allylic oxidation sites excluding steroid dienone is 2. The van der Waals surface area contributed by atoms with E-state index >= 15 is 0 Å². The van der Waals surface area contributed by atoms with Crippen LogP contribution in [0.1, 0.15) is 251 Å². The Morgan fingerprint density at radius 2 is 0.836 bits per heavy atom. The third-order valence-electron chi connectivity index (χ3n) is 11.5. The third kappa shape index (κ3) is 48.1. The first kappa shape index (κ1) is 59.8. The first-order chi connectivity index (χ1) is 29.5. The Morgan fingerprint density at radius 1 is 0.492 bits per heavy atom. The van der Waals surface area contributed by atoms with Crippen LogP contribution in [-0.2, 0) is 32.7 Å². The number of phosphoric acid groups is 1. The summed E-state index contributed by atoms with van der Waals surface area (Å²) >= 11 is 0. The van der Waals surface area contributed by atoms with E-state index in [1.165, 1.54) is 180 Å². The second-order valence-electron chi connectivity index (χ2n) is 18.9. The van der Waals surface area contributed by atoms with Crippen LogP contribution in [0.4, 0.5) is 0 Å². The molecule has 61 heavy (non-hydrogen) atoms. The monoisotopic (exact) mass is 886 g/mol. The van der Waals surface area contributed by atoms with Gasteiger partial charge in [0.2, 0.25) is 0 Å². The number of likely N-dealkylation sites (N-methyl/N-ethyl adjacent to an activating group) is 1. The summed E-state index contributed by atoms with van der Waals surface area (Å²) in [6.07, 6.45) is 48.1. The SMILES string of the molecule is CCCCCCCC/C=C/CCCCCCCCCCCCCC(=O)O[C@H](COC(=O)CCCCCCCCCCCCCCCCCC)COP(=O)([O-])OCC[N+](C)(C)C. The molecule has 1 unspecified atom stereocenters. The van der Waals surface area contributed by atoms with Crippen LogP contribution in [0.15, 0.2) is 12.2 Å². The second kappa shape index (κ2) is 44.0. The number of phosphoric ester groups is 1. The summed E-state index contributed by atoms with van der Waals surface area (Å²) in [4.78, 5) is 37.7. The first-order valence-corrected chi connectivity index (χ1v) is 27.4. The van der Waals surface area contributed by atoms with Gasteiger partial charge in [-0.2, -0.15) is 0 Å². The highest BCUT2D eigenvalue weighted by Gasteiger charge is 2.21. The topological polar surface area (TPSA) is 111 Å². The van der Waals surface area contributed by atoms with Crippen molar-refractivity contribution in [2.24, 2.45) is 0 Å². The van der Waals surface area contributed by atoms with Gasteiger partial charge >= 0.3 is 11.9 Å². The maximum absolute atomic E-state index is 12.7. The molecular weight excluding hydrogens is 786 g/mol. The van der Waals surface area contributed by atoms with E-state index in [1.54, 1.807) is 0 Å². The van der Waals surface area contributed by atoms with Gasteiger partial charge in [0.15, 0.2) is 6.10 Å². The lowest BCUT2D eigenvalue weighted by molar-refractivity contribution is -0.870. The van der Waals surface area contributed by atoms with E-state index < -0.39 is 26.5 Å². The Hall–Kier alpha value is -1.25. The zero-order valence-electron chi connectivity index (χ0n) is 40.9. The lowest BCUT2D eigenvalue weighted by Gasteiger charge is -2.28. The zero-order chi connectivity index (χ0) is 45.0. The van der Waals surface area contributed by atoms with E-state index in [4.69, 9.17) is 18.5 Å². The van der Waals surface area contributed by atoms with E-state index in [9.17, 15) is 19.0 Å². The molecule has 0 amide bonds. The average Bonchev–Trinajstić information content (AvgIpc) is 3.21. The Morgan fingerprint density at radius 3 is 1.21 bits per heavy atom. The highest BCUT2D eigenvalue weighted by Crippen LogP contribution is 2.38. The standard InChI is InChI=1S/C51H100NO8P/c1-6-8-10-12-14-16-18-20-22-24-25-26-27-28-30-32-34-36-38-40-42-44-51(54)60-49(48-59-61(55,56)58-46-45-52(3,4)5)47-57-50(53)43-41-39-37-35-33-31-29-23-21-19-17-15-13-11-9-7-2/h20,22,49H,6-19,21,23-48H2,1-5H3/b22-20+/t49-/m1/s1. The fourth-order valence-electron chi connectivity index (χ4n) is 7.48. The number of quaternary nitrogens is 1. The van der Waals surface area contributed by atoms with Crippen molar-refractivity contribution in [3.05, 3.63) is 12.2 Å². The molecule has 0 aromatic rings. The van der Waals surface area contributed by atoms with Crippen molar-refractivity contribution in [3.63, 3.8) is 0 Å². The number of ether oxygens (including phenoxy) is 2. The summed E-state index contributed by atoms with van der Waals surface area (Å²) in [6.45, 7) is 4.27. The molecule has 0 aromatic carbocycles. The lowest BCUT2D eigenvalue weighted by Crippen LogP contribution is -2.37. The van der Waals surface area contributed by atoms with Crippen molar-refractivity contribution in [2.45, 2.75) is 258 Å². The van der Waals surface area contributed by atoms with E-state index in [1.807, 2.05) is 21.1 Å². The number of unbranched alkanes of at least 4 members (excludes halogenated alkanes) is 32. The van der Waals surface area contributed by atoms with E-state index in [2.05, 4.69) is 26.0 Å². The average molecular weight is 886 g/mol. The minimum absolute atomic E-state index is 0.0273. The molecule has 0 saturated carbocycles. The molecule has 0 rings (SSSR count). The van der Waals surface area contributed by atoms with Crippen LogP contribution in [0.25, 0.3) is 0 Å².